The molecular formula is C17H19ClN2O2. The third kappa shape index (κ3) is 3.24. The number of nitrogens with zero attached hydrogens (tertiary/aromatic N) is 1. The Morgan fingerprint density at radius 3 is 2.64 bits per heavy atom. The molecular weight excluding hydrogens is 300 g/mol. The summed E-state index contributed by atoms with van der Waals surface area (Å²) in [4.78, 5) is 4.22. The van der Waals surface area contributed by atoms with E-state index in [9.17, 15) is 0 Å². The molecule has 3 rings (SSSR count). The van der Waals surface area contributed by atoms with Crippen molar-refractivity contribution in [3.8, 4) is 16.9 Å². The Labute approximate surface area is 135 Å². The number of halogens is 1. The average molecular weight is 319 g/mol. The van der Waals surface area contributed by atoms with Crippen molar-refractivity contribution < 1.29 is 9.84 Å². The molecule has 5 heteroatoms. The van der Waals surface area contributed by atoms with Crippen molar-refractivity contribution in [3.63, 3.8) is 0 Å². The van der Waals surface area contributed by atoms with E-state index in [1.165, 1.54) is 0 Å². The first kappa shape index (κ1) is 15.3. The van der Waals surface area contributed by atoms with Gasteiger partial charge in [-0.1, -0.05) is 35.9 Å². The van der Waals surface area contributed by atoms with E-state index in [2.05, 4.69) is 10.3 Å². The van der Waals surface area contributed by atoms with Crippen LogP contribution in [0.4, 0.5) is 0 Å². The first-order chi connectivity index (χ1) is 10.7. The van der Waals surface area contributed by atoms with E-state index in [1.807, 2.05) is 37.4 Å². The number of rotatable bonds is 6. The normalized spacial score (nSPS) is 15.6. The minimum Gasteiger partial charge on any atom is -0.490 e. The van der Waals surface area contributed by atoms with Gasteiger partial charge in [0.15, 0.2) is 0 Å². The van der Waals surface area contributed by atoms with Gasteiger partial charge in [0.2, 0.25) is 0 Å². The lowest BCUT2D eigenvalue weighted by atomic mass is 10.1. The van der Waals surface area contributed by atoms with Crippen molar-refractivity contribution >= 4 is 11.6 Å². The molecule has 0 bridgehead atoms. The second kappa shape index (κ2) is 6.24. The van der Waals surface area contributed by atoms with E-state index >= 15 is 0 Å². The number of pyridine rings is 1. The maximum atomic E-state index is 9.11. The summed E-state index contributed by atoms with van der Waals surface area (Å²) in [5.41, 5.74) is 2.78. The highest BCUT2D eigenvalue weighted by molar-refractivity contribution is 6.32. The van der Waals surface area contributed by atoms with Crippen LogP contribution in [0, 0.1) is 0 Å². The van der Waals surface area contributed by atoms with Crippen LogP contribution in [0.25, 0.3) is 11.1 Å². The zero-order valence-electron chi connectivity index (χ0n) is 12.5. The van der Waals surface area contributed by atoms with E-state index in [-0.39, 0.29) is 12.1 Å². The van der Waals surface area contributed by atoms with Crippen LogP contribution in [0.5, 0.6) is 5.75 Å². The second-order valence-corrected chi connectivity index (χ2v) is 6.04. The van der Waals surface area contributed by atoms with E-state index in [4.69, 9.17) is 21.4 Å². The Kier molecular flexibility index (Phi) is 4.34. The molecule has 1 heterocycles. The minimum absolute atomic E-state index is 0.0293. The fourth-order valence-electron chi connectivity index (χ4n) is 2.34. The second-order valence-electron chi connectivity index (χ2n) is 5.68. The molecule has 2 N–H and O–H groups in total. The third-order valence-electron chi connectivity index (χ3n) is 4.16. The Morgan fingerprint density at radius 1 is 1.32 bits per heavy atom. The number of aliphatic hydroxyl groups is 1. The molecule has 1 saturated carbocycles. The van der Waals surface area contributed by atoms with Gasteiger partial charge in [-0.25, -0.2) is 4.98 Å². The largest absolute Gasteiger partial charge is 0.490 e. The molecule has 2 aromatic rings. The molecule has 0 amide bonds. The summed E-state index contributed by atoms with van der Waals surface area (Å²) in [6, 6.07) is 9.51. The van der Waals surface area contributed by atoms with Gasteiger partial charge in [0, 0.05) is 5.56 Å². The maximum absolute atomic E-state index is 9.11. The van der Waals surface area contributed by atoms with E-state index in [1.54, 1.807) is 6.20 Å². The topological polar surface area (TPSA) is 54.4 Å². The standard InChI is InChI=1S/C17H19ClN2O2/c1-19-17(6-7-17)11-22-14-8-15(16(18)20-9-14)13-4-2-12(10-21)3-5-13/h2-5,8-9,19,21H,6-7,10-11H2,1H3. The molecule has 0 spiro atoms. The van der Waals surface area contributed by atoms with Gasteiger partial charge in [0.1, 0.15) is 17.5 Å². The van der Waals surface area contributed by atoms with Crippen molar-refractivity contribution in [1.82, 2.24) is 10.3 Å². The summed E-state index contributed by atoms with van der Waals surface area (Å²) in [6.07, 6.45) is 3.93. The quantitative estimate of drug-likeness (QED) is 0.804. The molecule has 116 valence electrons. The van der Waals surface area contributed by atoms with Gasteiger partial charge in [-0.05, 0) is 37.1 Å². The average Bonchev–Trinajstić information content (AvgIpc) is 3.35. The van der Waals surface area contributed by atoms with Gasteiger partial charge in [-0.15, -0.1) is 0 Å². The Bertz CT molecular complexity index is 654. The van der Waals surface area contributed by atoms with Crippen molar-refractivity contribution in [2.45, 2.75) is 25.0 Å². The van der Waals surface area contributed by atoms with Crippen molar-refractivity contribution in [3.05, 3.63) is 47.2 Å². The van der Waals surface area contributed by atoms with Gasteiger partial charge in [-0.3, -0.25) is 0 Å². The lowest BCUT2D eigenvalue weighted by molar-refractivity contribution is 0.259. The third-order valence-corrected chi connectivity index (χ3v) is 4.46. The van der Waals surface area contributed by atoms with Crippen molar-refractivity contribution in [2.75, 3.05) is 13.7 Å². The summed E-state index contributed by atoms with van der Waals surface area (Å²) in [6.45, 7) is 0.664. The van der Waals surface area contributed by atoms with Crippen LogP contribution in [-0.4, -0.2) is 29.3 Å². The molecule has 4 nitrogen and oxygen atoms in total. The zero-order chi connectivity index (χ0) is 15.6. The van der Waals surface area contributed by atoms with Crippen molar-refractivity contribution in [1.29, 1.82) is 0 Å². The fraction of sp³-hybridized carbons (Fsp3) is 0.353. The van der Waals surface area contributed by atoms with Crippen LogP contribution >= 0.6 is 11.6 Å². The highest BCUT2D eigenvalue weighted by Crippen LogP contribution is 2.36. The first-order valence-corrected chi connectivity index (χ1v) is 7.71. The summed E-state index contributed by atoms with van der Waals surface area (Å²) in [5.74, 6) is 0.715. The molecule has 1 aliphatic carbocycles. The monoisotopic (exact) mass is 318 g/mol. The van der Waals surface area contributed by atoms with Gasteiger partial charge in [0.25, 0.3) is 0 Å². The summed E-state index contributed by atoms with van der Waals surface area (Å²) in [7, 11) is 1.96. The van der Waals surface area contributed by atoms with E-state index in [0.717, 1.165) is 29.5 Å². The zero-order valence-corrected chi connectivity index (χ0v) is 13.2. The number of aromatic nitrogens is 1. The molecule has 0 saturated heterocycles. The van der Waals surface area contributed by atoms with Gasteiger partial charge in [0.05, 0.1) is 18.3 Å². The molecule has 22 heavy (non-hydrogen) atoms. The Morgan fingerprint density at radius 2 is 2.05 bits per heavy atom. The van der Waals surface area contributed by atoms with Crippen LogP contribution in [-0.2, 0) is 6.61 Å². The predicted molar refractivity (Wildman–Crippen MR) is 87.1 cm³/mol. The first-order valence-electron chi connectivity index (χ1n) is 7.33. The Hall–Kier alpha value is -1.62. The SMILES string of the molecule is CNC1(COc2cnc(Cl)c(-c3ccc(CO)cc3)c2)CC1. The fourth-order valence-corrected chi connectivity index (χ4v) is 2.55. The molecule has 1 aromatic heterocycles. The van der Waals surface area contributed by atoms with Crippen LogP contribution in [0.1, 0.15) is 18.4 Å². The highest BCUT2D eigenvalue weighted by atomic mass is 35.5. The van der Waals surface area contributed by atoms with Crippen LogP contribution < -0.4 is 10.1 Å². The number of ether oxygens (including phenoxy) is 1. The number of aliphatic hydroxyl groups excluding tert-OH is 1. The molecule has 1 aromatic carbocycles. The minimum atomic E-state index is 0.0293. The van der Waals surface area contributed by atoms with Gasteiger partial charge in [-0.2, -0.15) is 0 Å². The Balaban J connectivity index is 1.79. The lowest BCUT2D eigenvalue weighted by Gasteiger charge is -2.16. The number of benzene rings is 1. The van der Waals surface area contributed by atoms with Gasteiger partial charge >= 0.3 is 0 Å². The maximum Gasteiger partial charge on any atom is 0.138 e. The van der Waals surface area contributed by atoms with Crippen LogP contribution in [0.2, 0.25) is 5.15 Å². The predicted octanol–water partition coefficient (Wildman–Crippen LogP) is 3.03. The number of likely N-dealkylation sites (N-methyl/N-ethyl adjacent to an activating group) is 1. The highest BCUT2D eigenvalue weighted by Gasteiger charge is 2.41. The van der Waals surface area contributed by atoms with E-state index in [0.29, 0.717) is 17.5 Å². The molecule has 1 aliphatic rings. The lowest BCUT2D eigenvalue weighted by Crippen LogP contribution is -2.33. The summed E-state index contributed by atoms with van der Waals surface area (Å²) >= 11 is 6.21. The molecule has 0 unspecified atom stereocenters. The molecule has 0 atom stereocenters. The van der Waals surface area contributed by atoms with Gasteiger partial charge < -0.3 is 15.2 Å². The van der Waals surface area contributed by atoms with E-state index < -0.39 is 0 Å². The molecule has 0 radical (unpaired) electrons. The summed E-state index contributed by atoms with van der Waals surface area (Å²) in [5, 5.41) is 12.9. The molecule has 1 fully saturated rings. The van der Waals surface area contributed by atoms with Crippen LogP contribution in [0.3, 0.4) is 0 Å². The number of hydrogen-bond donors (Lipinski definition) is 2. The van der Waals surface area contributed by atoms with Crippen molar-refractivity contribution in [2.24, 2.45) is 0 Å². The number of nitrogens with one attached hydrogen (secondary N) is 1. The number of hydrogen-bond acceptors (Lipinski definition) is 4. The summed E-state index contributed by atoms with van der Waals surface area (Å²) < 4.78 is 5.86. The smallest absolute Gasteiger partial charge is 0.138 e. The van der Waals surface area contributed by atoms with Crippen LogP contribution in [0.15, 0.2) is 36.5 Å². The molecule has 0 aliphatic heterocycles.